The van der Waals surface area contributed by atoms with E-state index >= 15 is 0 Å². The van der Waals surface area contributed by atoms with Gasteiger partial charge in [0.1, 0.15) is 0 Å². The van der Waals surface area contributed by atoms with Gasteiger partial charge in [0.25, 0.3) is 0 Å². The number of aliphatic carboxylic acids is 1. The van der Waals surface area contributed by atoms with Gasteiger partial charge in [0, 0.05) is 5.88 Å². The highest BCUT2D eigenvalue weighted by Gasteiger charge is 2.29. The van der Waals surface area contributed by atoms with E-state index in [2.05, 4.69) is 9.05 Å². The maximum Gasteiger partial charge on any atom is 0.473 e. The summed E-state index contributed by atoms with van der Waals surface area (Å²) in [5.41, 5.74) is 0. The SMILES string of the molecule is CC(CCl)OP(=O)(O)OC(C)C(=O)O. The number of hydrogen-bond acceptors (Lipinski definition) is 4. The average molecular weight is 247 g/mol. The molecule has 14 heavy (non-hydrogen) atoms. The second-order valence-corrected chi connectivity index (χ2v) is 4.29. The van der Waals surface area contributed by atoms with Gasteiger partial charge in [-0.25, -0.2) is 9.36 Å². The highest BCUT2D eigenvalue weighted by atomic mass is 35.5. The summed E-state index contributed by atoms with van der Waals surface area (Å²) < 4.78 is 19.9. The molecule has 0 aromatic heterocycles. The maximum absolute atomic E-state index is 11.1. The Bertz CT molecular complexity index is 244. The standard InChI is InChI=1S/C6H12ClO6P/c1-4(3-7)12-14(10,11)13-5(2)6(8)9/h4-5H,3H2,1-2H3,(H,8,9)(H,10,11). The normalized spacial score (nSPS) is 19.7. The van der Waals surface area contributed by atoms with Crippen molar-refractivity contribution in [3.63, 3.8) is 0 Å². The van der Waals surface area contributed by atoms with Crippen molar-refractivity contribution in [2.24, 2.45) is 0 Å². The van der Waals surface area contributed by atoms with Crippen LogP contribution in [0, 0.1) is 0 Å². The minimum absolute atomic E-state index is 0.00929. The van der Waals surface area contributed by atoms with Crippen molar-refractivity contribution in [1.29, 1.82) is 0 Å². The number of rotatable bonds is 6. The van der Waals surface area contributed by atoms with Crippen LogP contribution in [0.3, 0.4) is 0 Å². The minimum Gasteiger partial charge on any atom is -0.479 e. The molecule has 0 aromatic carbocycles. The molecule has 0 heterocycles. The van der Waals surface area contributed by atoms with Crippen LogP contribution < -0.4 is 0 Å². The van der Waals surface area contributed by atoms with Gasteiger partial charge in [0.2, 0.25) is 0 Å². The van der Waals surface area contributed by atoms with E-state index in [0.717, 1.165) is 6.92 Å². The molecule has 8 heteroatoms. The quantitative estimate of drug-likeness (QED) is 0.541. The molecule has 0 aliphatic heterocycles. The van der Waals surface area contributed by atoms with Crippen molar-refractivity contribution in [3.8, 4) is 0 Å². The van der Waals surface area contributed by atoms with Gasteiger partial charge in [0.05, 0.1) is 6.10 Å². The summed E-state index contributed by atoms with van der Waals surface area (Å²) in [4.78, 5) is 19.3. The van der Waals surface area contributed by atoms with Gasteiger partial charge in [-0.05, 0) is 13.8 Å². The number of hydrogen-bond donors (Lipinski definition) is 2. The lowest BCUT2D eigenvalue weighted by Gasteiger charge is -2.17. The van der Waals surface area contributed by atoms with E-state index in [1.165, 1.54) is 6.92 Å². The monoisotopic (exact) mass is 246 g/mol. The van der Waals surface area contributed by atoms with Crippen molar-refractivity contribution in [3.05, 3.63) is 0 Å². The number of phosphoric acid groups is 1. The zero-order chi connectivity index (χ0) is 11.4. The summed E-state index contributed by atoms with van der Waals surface area (Å²) in [7, 11) is -4.34. The summed E-state index contributed by atoms with van der Waals surface area (Å²) in [5.74, 6) is -1.34. The molecule has 0 radical (unpaired) electrons. The van der Waals surface area contributed by atoms with E-state index in [0.29, 0.717) is 0 Å². The Hall–Kier alpha value is -0.130. The zero-order valence-electron chi connectivity index (χ0n) is 7.71. The van der Waals surface area contributed by atoms with Crippen LogP contribution in [0.25, 0.3) is 0 Å². The predicted octanol–water partition coefficient (Wildman–Crippen LogP) is 1.22. The van der Waals surface area contributed by atoms with E-state index in [9.17, 15) is 9.36 Å². The third kappa shape index (κ3) is 5.57. The molecule has 3 unspecified atom stereocenters. The molecule has 0 aromatic rings. The van der Waals surface area contributed by atoms with E-state index in [-0.39, 0.29) is 5.88 Å². The van der Waals surface area contributed by atoms with Crippen LogP contribution in [0.15, 0.2) is 0 Å². The molecule has 2 N–H and O–H groups in total. The van der Waals surface area contributed by atoms with Crippen molar-refractivity contribution in [1.82, 2.24) is 0 Å². The third-order valence-corrected chi connectivity index (χ3v) is 2.81. The van der Waals surface area contributed by atoms with E-state index < -0.39 is 26.0 Å². The molecular formula is C6H12ClO6P. The molecule has 0 saturated heterocycles. The average Bonchev–Trinajstić information content (AvgIpc) is 2.02. The minimum atomic E-state index is -4.34. The molecule has 0 spiro atoms. The Morgan fingerprint density at radius 2 is 2.00 bits per heavy atom. The first-order chi connectivity index (χ1) is 6.28. The van der Waals surface area contributed by atoms with E-state index in [4.69, 9.17) is 21.6 Å². The lowest BCUT2D eigenvalue weighted by Crippen LogP contribution is -2.20. The van der Waals surface area contributed by atoms with Gasteiger partial charge in [-0.2, -0.15) is 0 Å². The van der Waals surface area contributed by atoms with Crippen LogP contribution >= 0.6 is 19.4 Å². The fraction of sp³-hybridized carbons (Fsp3) is 0.833. The van der Waals surface area contributed by atoms with Crippen LogP contribution in [-0.2, 0) is 18.4 Å². The van der Waals surface area contributed by atoms with E-state index in [1.807, 2.05) is 0 Å². The molecule has 0 fully saturated rings. The summed E-state index contributed by atoms with van der Waals surface area (Å²) in [5, 5.41) is 8.40. The Balaban J connectivity index is 4.20. The Morgan fingerprint density at radius 1 is 1.50 bits per heavy atom. The Morgan fingerprint density at radius 3 is 2.36 bits per heavy atom. The molecule has 84 valence electrons. The molecule has 6 nitrogen and oxygen atoms in total. The smallest absolute Gasteiger partial charge is 0.473 e. The lowest BCUT2D eigenvalue weighted by molar-refractivity contribution is -0.145. The lowest BCUT2D eigenvalue weighted by atomic mass is 10.4. The third-order valence-electron chi connectivity index (χ3n) is 1.17. The molecule has 0 amide bonds. The largest absolute Gasteiger partial charge is 0.479 e. The fourth-order valence-electron chi connectivity index (χ4n) is 0.525. The molecule has 0 saturated carbocycles. The van der Waals surface area contributed by atoms with Gasteiger partial charge in [0.15, 0.2) is 6.10 Å². The van der Waals surface area contributed by atoms with Crippen LogP contribution in [0.5, 0.6) is 0 Å². The number of phosphoric ester groups is 1. The summed E-state index contributed by atoms with van der Waals surface area (Å²) in [6.45, 7) is 2.59. The van der Waals surface area contributed by atoms with Crippen molar-refractivity contribution >= 4 is 25.4 Å². The first-order valence-corrected chi connectivity index (χ1v) is 5.80. The number of carbonyl (C=O) groups is 1. The van der Waals surface area contributed by atoms with Crippen LogP contribution in [-0.4, -0.2) is 34.1 Å². The van der Waals surface area contributed by atoms with Crippen molar-refractivity contribution < 1.29 is 28.4 Å². The Kier molecular flexibility index (Phi) is 5.63. The summed E-state index contributed by atoms with van der Waals surface area (Å²) >= 11 is 5.33. The topological polar surface area (TPSA) is 93.1 Å². The van der Waals surface area contributed by atoms with Crippen molar-refractivity contribution in [2.75, 3.05) is 5.88 Å². The maximum atomic E-state index is 11.1. The summed E-state index contributed by atoms with van der Waals surface area (Å²) in [6, 6.07) is 0. The highest BCUT2D eigenvalue weighted by molar-refractivity contribution is 7.47. The Labute approximate surface area is 86.4 Å². The predicted molar refractivity (Wildman–Crippen MR) is 49.3 cm³/mol. The second-order valence-electron chi connectivity index (χ2n) is 2.62. The van der Waals surface area contributed by atoms with Crippen LogP contribution in [0.1, 0.15) is 13.8 Å². The van der Waals surface area contributed by atoms with E-state index in [1.54, 1.807) is 0 Å². The molecule has 0 rings (SSSR count). The summed E-state index contributed by atoms with van der Waals surface area (Å²) in [6.07, 6.45) is -2.10. The number of carboxylic acids is 1. The van der Waals surface area contributed by atoms with Gasteiger partial charge in [-0.15, -0.1) is 11.6 Å². The first kappa shape index (κ1) is 13.9. The fourth-order valence-corrected chi connectivity index (χ4v) is 1.74. The molecule has 0 bridgehead atoms. The van der Waals surface area contributed by atoms with Crippen LogP contribution in [0.4, 0.5) is 0 Å². The molecule has 0 aliphatic rings. The van der Waals surface area contributed by atoms with Gasteiger partial charge < -0.3 is 10.00 Å². The van der Waals surface area contributed by atoms with Crippen LogP contribution in [0.2, 0.25) is 0 Å². The van der Waals surface area contributed by atoms with Gasteiger partial charge >= 0.3 is 13.8 Å². The molecule has 0 aliphatic carbocycles. The second kappa shape index (κ2) is 5.68. The van der Waals surface area contributed by atoms with Crippen molar-refractivity contribution in [2.45, 2.75) is 26.1 Å². The first-order valence-electron chi connectivity index (χ1n) is 3.77. The zero-order valence-corrected chi connectivity index (χ0v) is 9.36. The van der Waals surface area contributed by atoms with Gasteiger partial charge in [-0.3, -0.25) is 9.05 Å². The highest BCUT2D eigenvalue weighted by Crippen LogP contribution is 2.45. The number of carboxylic acid groups (broad SMARTS) is 1. The number of halogens is 1. The molecule has 3 atom stereocenters. The number of alkyl halides is 1. The molecular weight excluding hydrogens is 234 g/mol. The van der Waals surface area contributed by atoms with Gasteiger partial charge in [-0.1, -0.05) is 0 Å².